The van der Waals surface area contributed by atoms with Crippen molar-refractivity contribution in [3.8, 4) is 11.5 Å². The summed E-state index contributed by atoms with van der Waals surface area (Å²) in [6.45, 7) is 5.23. The Hall–Kier alpha value is -3.25. The maximum absolute atomic E-state index is 12.8. The number of anilines is 1. The third-order valence-corrected chi connectivity index (χ3v) is 10.7. The lowest BCUT2D eigenvalue weighted by atomic mass is 9.59. The summed E-state index contributed by atoms with van der Waals surface area (Å²) in [5.41, 5.74) is 4.80. The number of aromatic nitrogens is 1. The van der Waals surface area contributed by atoms with Crippen LogP contribution >= 0.6 is 11.6 Å². The van der Waals surface area contributed by atoms with Crippen molar-refractivity contribution in [2.24, 2.45) is 11.8 Å². The van der Waals surface area contributed by atoms with Crippen LogP contribution in [-0.4, -0.2) is 35.3 Å². The zero-order valence-corrected chi connectivity index (χ0v) is 26.3. The Kier molecular flexibility index (Phi) is 8.34. The fourth-order valence-corrected chi connectivity index (χ4v) is 8.39. The minimum atomic E-state index is -1.03. The smallest absolute Gasteiger partial charge is 0.329 e. The largest absolute Gasteiger partial charge is 0.497 e. The van der Waals surface area contributed by atoms with Crippen LogP contribution in [0.15, 0.2) is 54.7 Å². The van der Waals surface area contributed by atoms with E-state index in [1.54, 1.807) is 19.2 Å². The Labute approximate surface area is 260 Å². The molecular weight excluding hydrogens is 560 g/mol. The van der Waals surface area contributed by atoms with Crippen molar-refractivity contribution < 1.29 is 19.4 Å². The van der Waals surface area contributed by atoms with E-state index in [0.29, 0.717) is 42.2 Å². The maximum Gasteiger partial charge on any atom is 0.329 e. The molecule has 3 aliphatic rings. The molecular formula is C36H43ClN2O4. The average molecular weight is 603 g/mol. The van der Waals surface area contributed by atoms with Crippen molar-refractivity contribution in [3.05, 3.63) is 82.1 Å². The molecule has 1 saturated carbocycles. The van der Waals surface area contributed by atoms with Gasteiger partial charge >= 0.3 is 5.97 Å². The highest BCUT2D eigenvalue weighted by Gasteiger charge is 2.54. The van der Waals surface area contributed by atoms with Crippen LogP contribution in [0.2, 0.25) is 5.02 Å². The summed E-state index contributed by atoms with van der Waals surface area (Å²) >= 11 is 6.23. The van der Waals surface area contributed by atoms with Gasteiger partial charge in [0, 0.05) is 28.2 Å². The minimum absolute atomic E-state index is 0.0998. The van der Waals surface area contributed by atoms with Crippen molar-refractivity contribution in [1.82, 2.24) is 4.98 Å². The second-order valence-electron chi connectivity index (χ2n) is 13.2. The van der Waals surface area contributed by atoms with Crippen molar-refractivity contribution in [2.75, 3.05) is 19.0 Å². The number of pyridine rings is 1. The SMILES string of the molecule is COc1ccc2c(c1)C1(CCC(Nc3cccc(Cl)c3)(C(=O)O)CC1)[C@@H](C[C@@H](C)COc1ccnc3c1[C@@H](C)CCC3)C2. The molecule has 6 nitrogen and oxygen atoms in total. The molecule has 3 aliphatic carbocycles. The summed E-state index contributed by atoms with van der Waals surface area (Å²) in [5.74, 6) is 2.27. The fraction of sp³-hybridized carbons (Fsp3) is 0.500. The molecule has 0 unspecified atom stereocenters. The van der Waals surface area contributed by atoms with Gasteiger partial charge in [-0.2, -0.15) is 0 Å². The number of hydrogen-bond acceptors (Lipinski definition) is 5. The molecule has 2 aromatic carbocycles. The molecule has 6 rings (SSSR count). The minimum Gasteiger partial charge on any atom is -0.497 e. The number of hydrogen-bond donors (Lipinski definition) is 2. The summed E-state index contributed by atoms with van der Waals surface area (Å²) in [6, 6.07) is 15.9. The van der Waals surface area contributed by atoms with Gasteiger partial charge in [-0.15, -0.1) is 0 Å². The fourth-order valence-electron chi connectivity index (χ4n) is 8.20. The second-order valence-corrected chi connectivity index (χ2v) is 13.7. The first-order valence-corrected chi connectivity index (χ1v) is 16.2. The molecule has 3 aromatic rings. The van der Waals surface area contributed by atoms with E-state index in [4.69, 9.17) is 21.1 Å². The van der Waals surface area contributed by atoms with Gasteiger partial charge in [-0.1, -0.05) is 37.6 Å². The van der Waals surface area contributed by atoms with E-state index in [2.05, 4.69) is 42.3 Å². The lowest BCUT2D eigenvalue weighted by Crippen LogP contribution is -2.53. The third-order valence-electron chi connectivity index (χ3n) is 10.5. The van der Waals surface area contributed by atoms with Gasteiger partial charge in [0.2, 0.25) is 0 Å². The molecule has 0 amide bonds. The monoisotopic (exact) mass is 602 g/mol. The second kappa shape index (κ2) is 12.0. The molecule has 7 heteroatoms. The number of benzene rings is 2. The van der Waals surface area contributed by atoms with Gasteiger partial charge < -0.3 is 19.9 Å². The molecule has 3 atom stereocenters. The molecule has 0 radical (unpaired) electrons. The first kappa shape index (κ1) is 29.8. The zero-order chi connectivity index (χ0) is 30.2. The van der Waals surface area contributed by atoms with E-state index in [9.17, 15) is 9.90 Å². The van der Waals surface area contributed by atoms with Crippen LogP contribution < -0.4 is 14.8 Å². The molecule has 1 spiro atoms. The molecule has 1 heterocycles. The Morgan fingerprint density at radius 1 is 1.16 bits per heavy atom. The highest BCUT2D eigenvalue weighted by Crippen LogP contribution is 2.56. The predicted octanol–water partition coefficient (Wildman–Crippen LogP) is 8.21. The first-order chi connectivity index (χ1) is 20.7. The molecule has 1 aromatic heterocycles. The van der Waals surface area contributed by atoms with Gasteiger partial charge in [-0.3, -0.25) is 4.98 Å². The van der Waals surface area contributed by atoms with E-state index in [1.807, 2.05) is 24.4 Å². The number of nitrogens with one attached hydrogen (secondary N) is 1. The Morgan fingerprint density at radius 2 is 1.98 bits per heavy atom. The van der Waals surface area contributed by atoms with Gasteiger partial charge in [-0.05, 0) is 128 Å². The summed E-state index contributed by atoms with van der Waals surface area (Å²) in [5, 5.41) is 14.5. The van der Waals surface area contributed by atoms with Gasteiger partial charge in [0.1, 0.15) is 17.0 Å². The summed E-state index contributed by atoms with van der Waals surface area (Å²) in [7, 11) is 1.71. The van der Waals surface area contributed by atoms with Crippen molar-refractivity contribution >= 4 is 23.3 Å². The topological polar surface area (TPSA) is 80.7 Å². The van der Waals surface area contributed by atoms with Gasteiger partial charge in [0.05, 0.1) is 13.7 Å². The van der Waals surface area contributed by atoms with Crippen LogP contribution in [-0.2, 0) is 23.1 Å². The quantitative estimate of drug-likeness (QED) is 0.257. The van der Waals surface area contributed by atoms with Crippen LogP contribution in [0.1, 0.15) is 87.1 Å². The van der Waals surface area contributed by atoms with E-state index in [0.717, 1.165) is 49.3 Å². The third kappa shape index (κ3) is 5.71. The van der Waals surface area contributed by atoms with Crippen LogP contribution in [0.3, 0.4) is 0 Å². The van der Waals surface area contributed by atoms with Crippen LogP contribution in [0.4, 0.5) is 5.69 Å². The first-order valence-electron chi connectivity index (χ1n) is 15.8. The van der Waals surface area contributed by atoms with Crippen LogP contribution in [0.25, 0.3) is 0 Å². The van der Waals surface area contributed by atoms with Crippen LogP contribution in [0.5, 0.6) is 11.5 Å². The standard InChI is InChI=1S/C36H43ClN2O4/c1-23(22-43-32-12-17-38-31-9-4-6-24(2)33(31)32)18-26-19-25-10-11-29(42-3)21-30(25)35(26)13-15-36(16-14-35,34(40)41)39-28-8-5-7-27(37)20-28/h5,7-8,10-12,17,20-21,23-24,26,39H,4,6,9,13-16,18-19,22H2,1-3H3,(H,40,41)/t23-,24+,26+,35?,36?/m1/s1. The van der Waals surface area contributed by atoms with Crippen LogP contribution in [0, 0.1) is 11.8 Å². The lowest BCUT2D eigenvalue weighted by Gasteiger charge is -2.47. The molecule has 2 N–H and O–H groups in total. The number of nitrogens with zero attached hydrogens (tertiary/aromatic N) is 1. The lowest BCUT2D eigenvalue weighted by molar-refractivity contribution is -0.144. The normalized spacial score (nSPS) is 26.8. The highest BCUT2D eigenvalue weighted by atomic mass is 35.5. The molecule has 43 heavy (non-hydrogen) atoms. The summed E-state index contributed by atoms with van der Waals surface area (Å²) in [4.78, 5) is 17.4. The van der Waals surface area contributed by atoms with E-state index >= 15 is 0 Å². The predicted molar refractivity (Wildman–Crippen MR) is 171 cm³/mol. The Morgan fingerprint density at radius 3 is 2.72 bits per heavy atom. The van der Waals surface area contributed by atoms with Crippen molar-refractivity contribution in [3.63, 3.8) is 0 Å². The summed E-state index contributed by atoms with van der Waals surface area (Å²) < 4.78 is 12.2. The van der Waals surface area contributed by atoms with E-state index in [-0.39, 0.29) is 5.41 Å². The van der Waals surface area contributed by atoms with Gasteiger partial charge in [0.25, 0.3) is 0 Å². The van der Waals surface area contributed by atoms with Crippen molar-refractivity contribution in [2.45, 2.75) is 88.5 Å². The Bertz CT molecular complexity index is 1480. The molecule has 0 saturated heterocycles. The highest BCUT2D eigenvalue weighted by molar-refractivity contribution is 6.30. The molecule has 228 valence electrons. The number of aliphatic carboxylic acids is 1. The molecule has 0 aliphatic heterocycles. The number of ether oxygens (including phenoxy) is 2. The number of rotatable bonds is 9. The number of carbonyl (C=O) groups is 1. The van der Waals surface area contributed by atoms with Gasteiger partial charge in [0.15, 0.2) is 0 Å². The number of halogens is 1. The molecule has 1 fully saturated rings. The summed E-state index contributed by atoms with van der Waals surface area (Å²) in [6.07, 6.45) is 9.95. The Balaban J connectivity index is 1.22. The zero-order valence-electron chi connectivity index (χ0n) is 25.5. The van der Waals surface area contributed by atoms with Crippen molar-refractivity contribution in [1.29, 1.82) is 0 Å². The number of aryl methyl sites for hydroxylation is 1. The molecule has 0 bridgehead atoms. The average Bonchev–Trinajstić information content (AvgIpc) is 3.28. The number of carboxylic acid groups (broad SMARTS) is 1. The van der Waals surface area contributed by atoms with Gasteiger partial charge in [-0.25, -0.2) is 4.79 Å². The number of fused-ring (bicyclic) bond motifs is 3. The van der Waals surface area contributed by atoms with E-state index in [1.165, 1.54) is 35.2 Å². The van der Waals surface area contributed by atoms with E-state index < -0.39 is 11.5 Å². The number of methoxy groups -OCH3 is 1. The maximum atomic E-state index is 12.8. The number of carboxylic acids is 1.